The summed E-state index contributed by atoms with van der Waals surface area (Å²) in [7, 11) is 1.51. The zero-order valence-electron chi connectivity index (χ0n) is 13.6. The first-order valence-corrected chi connectivity index (χ1v) is 7.90. The van der Waals surface area contributed by atoms with E-state index in [0.29, 0.717) is 30.4 Å². The van der Waals surface area contributed by atoms with E-state index >= 15 is 0 Å². The molecule has 0 saturated carbocycles. The maximum atomic E-state index is 11.7. The van der Waals surface area contributed by atoms with Crippen LogP contribution in [0.1, 0.15) is 30.1 Å². The third-order valence-corrected chi connectivity index (χ3v) is 4.08. The highest BCUT2D eigenvalue weighted by molar-refractivity contribution is 5.95. The number of hydrogen-bond donors (Lipinski definition) is 1. The molecule has 126 valence electrons. The average molecular weight is 321 g/mol. The first kappa shape index (κ1) is 17.2. The Balaban J connectivity index is 2.23. The minimum absolute atomic E-state index is 0.0249. The summed E-state index contributed by atoms with van der Waals surface area (Å²) in [5, 5.41) is 13.9. The molecule has 1 amide bonds. The predicted molar refractivity (Wildman–Crippen MR) is 87.9 cm³/mol. The first-order valence-electron chi connectivity index (χ1n) is 7.90. The maximum absolute atomic E-state index is 11.7. The molecule has 7 nitrogen and oxygen atoms in total. The van der Waals surface area contributed by atoms with Crippen LogP contribution in [-0.2, 0) is 4.74 Å². The second-order valence-electron chi connectivity index (χ2n) is 5.65. The van der Waals surface area contributed by atoms with Gasteiger partial charge >= 0.3 is 0 Å². The lowest BCUT2D eigenvalue weighted by molar-refractivity contribution is -0.384. The topological polar surface area (TPSA) is 84.7 Å². The van der Waals surface area contributed by atoms with Gasteiger partial charge in [-0.15, -0.1) is 0 Å². The van der Waals surface area contributed by atoms with Crippen molar-refractivity contribution < 1.29 is 14.5 Å². The summed E-state index contributed by atoms with van der Waals surface area (Å²) in [6.07, 6.45) is 2.05. The van der Waals surface area contributed by atoms with E-state index < -0.39 is 4.92 Å². The smallest absolute Gasteiger partial charge is 0.293 e. The number of carbonyl (C=O) groups is 1. The predicted octanol–water partition coefficient (Wildman–Crippen LogP) is 2.21. The summed E-state index contributed by atoms with van der Waals surface area (Å²) in [4.78, 5) is 24.7. The number of carbonyl (C=O) groups excluding carboxylic acids is 1. The molecule has 7 heteroatoms. The molecular formula is C16H23N3O4. The quantitative estimate of drug-likeness (QED) is 0.641. The van der Waals surface area contributed by atoms with E-state index in [1.54, 1.807) is 12.1 Å². The Hall–Kier alpha value is -2.15. The van der Waals surface area contributed by atoms with Crippen molar-refractivity contribution in [2.45, 2.75) is 19.8 Å². The van der Waals surface area contributed by atoms with E-state index in [1.165, 1.54) is 13.1 Å². The molecule has 1 unspecified atom stereocenters. The maximum Gasteiger partial charge on any atom is 0.293 e. The van der Waals surface area contributed by atoms with Gasteiger partial charge in [-0.3, -0.25) is 14.9 Å². The highest BCUT2D eigenvalue weighted by Gasteiger charge is 2.26. The van der Waals surface area contributed by atoms with Crippen LogP contribution in [0.5, 0.6) is 0 Å². The highest BCUT2D eigenvalue weighted by atomic mass is 16.6. The minimum Gasteiger partial charge on any atom is -0.381 e. The lowest BCUT2D eigenvalue weighted by Crippen LogP contribution is -2.37. The fourth-order valence-corrected chi connectivity index (χ4v) is 2.93. The van der Waals surface area contributed by atoms with Crippen molar-refractivity contribution in [2.24, 2.45) is 5.92 Å². The van der Waals surface area contributed by atoms with Gasteiger partial charge < -0.3 is 15.0 Å². The Morgan fingerprint density at radius 3 is 2.96 bits per heavy atom. The summed E-state index contributed by atoms with van der Waals surface area (Å²) >= 11 is 0. The second kappa shape index (κ2) is 7.92. The molecule has 1 aliphatic rings. The Morgan fingerprint density at radius 2 is 2.30 bits per heavy atom. The molecule has 1 aromatic carbocycles. The van der Waals surface area contributed by atoms with Crippen molar-refractivity contribution in [2.75, 3.05) is 38.3 Å². The van der Waals surface area contributed by atoms with Gasteiger partial charge in [0.05, 0.1) is 11.5 Å². The van der Waals surface area contributed by atoms with Crippen molar-refractivity contribution in [3.63, 3.8) is 0 Å². The monoisotopic (exact) mass is 321 g/mol. The van der Waals surface area contributed by atoms with Gasteiger partial charge in [0.1, 0.15) is 5.69 Å². The Labute approximate surface area is 135 Å². The fraction of sp³-hybridized carbons (Fsp3) is 0.562. The molecule has 1 heterocycles. The number of nitro benzene ring substituents is 1. The number of hydrogen-bond acceptors (Lipinski definition) is 5. The van der Waals surface area contributed by atoms with Crippen LogP contribution >= 0.6 is 0 Å². The van der Waals surface area contributed by atoms with Gasteiger partial charge in [-0.1, -0.05) is 0 Å². The van der Waals surface area contributed by atoms with Gasteiger partial charge in [0, 0.05) is 38.4 Å². The molecule has 1 atom stereocenters. The summed E-state index contributed by atoms with van der Waals surface area (Å²) in [5.41, 5.74) is 0.845. The number of piperidine rings is 1. The van der Waals surface area contributed by atoms with Crippen molar-refractivity contribution in [1.82, 2.24) is 5.32 Å². The highest BCUT2D eigenvalue weighted by Crippen LogP contribution is 2.32. The second-order valence-corrected chi connectivity index (χ2v) is 5.65. The molecule has 23 heavy (non-hydrogen) atoms. The summed E-state index contributed by atoms with van der Waals surface area (Å²) in [5.74, 6) is 0.0504. The molecule has 1 N–H and O–H groups in total. The van der Waals surface area contributed by atoms with Crippen molar-refractivity contribution in [1.29, 1.82) is 0 Å². The molecule has 1 aromatic rings. The number of rotatable bonds is 6. The fourth-order valence-electron chi connectivity index (χ4n) is 2.93. The average Bonchev–Trinajstić information content (AvgIpc) is 2.58. The van der Waals surface area contributed by atoms with Gasteiger partial charge in [0.2, 0.25) is 0 Å². The van der Waals surface area contributed by atoms with Crippen LogP contribution in [0.25, 0.3) is 0 Å². The Morgan fingerprint density at radius 1 is 1.52 bits per heavy atom. The van der Waals surface area contributed by atoms with Gasteiger partial charge in [-0.2, -0.15) is 0 Å². The number of benzene rings is 1. The van der Waals surface area contributed by atoms with E-state index in [0.717, 1.165) is 25.9 Å². The summed E-state index contributed by atoms with van der Waals surface area (Å²) < 4.78 is 5.49. The van der Waals surface area contributed by atoms with E-state index in [-0.39, 0.29) is 11.6 Å². The van der Waals surface area contributed by atoms with E-state index in [2.05, 4.69) is 5.32 Å². The lowest BCUT2D eigenvalue weighted by atomic mass is 9.98. The minimum atomic E-state index is -0.423. The van der Waals surface area contributed by atoms with Crippen LogP contribution in [-0.4, -0.2) is 44.2 Å². The number of amides is 1. The third-order valence-electron chi connectivity index (χ3n) is 4.08. The SMILES string of the molecule is CCOCC1CCCN(c2ccc(C(=O)NC)cc2[N+](=O)[O-])C1. The normalized spacial score (nSPS) is 17.8. The van der Waals surface area contributed by atoms with Crippen LogP contribution in [0.4, 0.5) is 11.4 Å². The van der Waals surface area contributed by atoms with Crippen LogP contribution in [0.15, 0.2) is 18.2 Å². The largest absolute Gasteiger partial charge is 0.381 e. The van der Waals surface area contributed by atoms with Gasteiger partial charge in [0.25, 0.3) is 11.6 Å². The number of nitrogens with one attached hydrogen (secondary N) is 1. The van der Waals surface area contributed by atoms with Crippen molar-refractivity contribution in [3.8, 4) is 0 Å². The molecule has 1 saturated heterocycles. The molecule has 1 fully saturated rings. The van der Waals surface area contributed by atoms with Gasteiger partial charge in [-0.25, -0.2) is 0 Å². The van der Waals surface area contributed by atoms with Crippen molar-refractivity contribution >= 4 is 17.3 Å². The Kier molecular flexibility index (Phi) is 5.92. The summed E-state index contributed by atoms with van der Waals surface area (Å²) in [6, 6.07) is 4.65. The molecule has 0 aliphatic carbocycles. The Bertz CT molecular complexity index is 576. The standard InChI is InChI=1S/C16H23N3O4/c1-3-23-11-12-5-4-8-18(10-12)14-7-6-13(16(20)17-2)9-15(14)19(21)22/h6-7,9,12H,3-5,8,10-11H2,1-2H3,(H,17,20). The van der Waals surface area contributed by atoms with E-state index in [4.69, 9.17) is 4.74 Å². The van der Waals surface area contributed by atoms with Crippen molar-refractivity contribution in [3.05, 3.63) is 33.9 Å². The molecule has 1 aliphatic heterocycles. The molecule has 0 radical (unpaired) electrons. The molecule has 0 bridgehead atoms. The molecule has 0 spiro atoms. The zero-order chi connectivity index (χ0) is 16.8. The zero-order valence-corrected chi connectivity index (χ0v) is 13.6. The third kappa shape index (κ3) is 4.19. The molecular weight excluding hydrogens is 298 g/mol. The number of nitrogens with zero attached hydrogens (tertiary/aromatic N) is 2. The van der Waals surface area contributed by atoms with E-state index in [9.17, 15) is 14.9 Å². The lowest BCUT2D eigenvalue weighted by Gasteiger charge is -2.34. The number of anilines is 1. The van der Waals surface area contributed by atoms with Gasteiger partial charge in [0.15, 0.2) is 0 Å². The number of nitro groups is 1. The molecule has 0 aromatic heterocycles. The van der Waals surface area contributed by atoms with Crippen LogP contribution in [0, 0.1) is 16.0 Å². The molecule has 2 rings (SSSR count). The van der Waals surface area contributed by atoms with Crippen LogP contribution in [0.2, 0.25) is 0 Å². The first-order chi connectivity index (χ1) is 11.1. The van der Waals surface area contributed by atoms with E-state index in [1.807, 2.05) is 11.8 Å². The summed E-state index contributed by atoms with van der Waals surface area (Å²) in [6.45, 7) is 4.83. The number of ether oxygens (including phenoxy) is 1. The van der Waals surface area contributed by atoms with Crippen LogP contribution < -0.4 is 10.2 Å². The van der Waals surface area contributed by atoms with Gasteiger partial charge in [-0.05, 0) is 37.8 Å². The van der Waals surface area contributed by atoms with Crippen LogP contribution in [0.3, 0.4) is 0 Å².